The standard InChI is InChI=1S/C29H31N3O2S/c1-22(33)31-20-16-29(17-21-31,23-10-3-2-4-11-23)28(34)30-18-9-19-32-24-12-5-7-14-26(24)35-27-15-8-6-13-25(27)32/h2-8,10-15H,9,16-21H2,1H3,(H,30,34). The van der Waals surface area contributed by atoms with Gasteiger partial charge < -0.3 is 15.1 Å². The molecule has 3 aromatic carbocycles. The SMILES string of the molecule is CC(=O)N1CCC(C(=O)NCCCN2c3ccccc3Sc3ccccc32)(c2ccccc2)CC1. The summed E-state index contributed by atoms with van der Waals surface area (Å²) in [5.41, 5.74) is 2.89. The average molecular weight is 486 g/mol. The number of nitrogens with zero attached hydrogens (tertiary/aromatic N) is 2. The van der Waals surface area contributed by atoms with Crippen molar-refractivity contribution >= 4 is 35.0 Å². The van der Waals surface area contributed by atoms with Gasteiger partial charge in [-0.1, -0.05) is 66.4 Å². The minimum atomic E-state index is -0.589. The van der Waals surface area contributed by atoms with E-state index in [2.05, 4.69) is 58.7 Å². The maximum absolute atomic E-state index is 13.6. The summed E-state index contributed by atoms with van der Waals surface area (Å²) in [5, 5.41) is 3.25. The van der Waals surface area contributed by atoms with E-state index in [1.807, 2.05) is 47.0 Å². The van der Waals surface area contributed by atoms with Gasteiger partial charge in [0.05, 0.1) is 16.8 Å². The van der Waals surface area contributed by atoms with Gasteiger partial charge in [-0.25, -0.2) is 0 Å². The van der Waals surface area contributed by atoms with E-state index in [4.69, 9.17) is 0 Å². The van der Waals surface area contributed by atoms with Gasteiger partial charge in [-0.2, -0.15) is 0 Å². The molecule has 0 aromatic heterocycles. The molecule has 0 aliphatic carbocycles. The molecule has 1 saturated heterocycles. The van der Waals surface area contributed by atoms with Crippen molar-refractivity contribution in [3.63, 3.8) is 0 Å². The van der Waals surface area contributed by atoms with Crippen molar-refractivity contribution in [1.29, 1.82) is 0 Å². The van der Waals surface area contributed by atoms with Gasteiger partial charge in [-0.15, -0.1) is 0 Å². The summed E-state index contributed by atoms with van der Waals surface area (Å²) >= 11 is 1.81. The van der Waals surface area contributed by atoms with E-state index in [-0.39, 0.29) is 11.8 Å². The van der Waals surface area contributed by atoms with Crippen molar-refractivity contribution in [2.75, 3.05) is 31.1 Å². The number of benzene rings is 3. The number of hydrogen-bond donors (Lipinski definition) is 1. The third-order valence-corrected chi connectivity index (χ3v) is 8.33. The second kappa shape index (κ2) is 10.2. The summed E-state index contributed by atoms with van der Waals surface area (Å²) in [4.78, 5) is 32.2. The molecule has 180 valence electrons. The molecular weight excluding hydrogens is 454 g/mol. The topological polar surface area (TPSA) is 52.7 Å². The summed E-state index contributed by atoms with van der Waals surface area (Å²) in [6.07, 6.45) is 2.13. The molecule has 0 atom stereocenters. The first-order valence-corrected chi connectivity index (χ1v) is 13.1. The maximum atomic E-state index is 13.6. The number of piperidine rings is 1. The molecule has 0 saturated carbocycles. The number of likely N-dealkylation sites (tertiary alicyclic amines) is 1. The van der Waals surface area contributed by atoms with Crippen molar-refractivity contribution in [2.45, 2.75) is 41.4 Å². The van der Waals surface area contributed by atoms with E-state index in [0.29, 0.717) is 32.5 Å². The summed E-state index contributed by atoms with van der Waals surface area (Å²) in [5.74, 6) is 0.147. The van der Waals surface area contributed by atoms with Crippen molar-refractivity contribution in [3.8, 4) is 0 Å². The monoisotopic (exact) mass is 485 g/mol. The van der Waals surface area contributed by atoms with Crippen LogP contribution in [0.25, 0.3) is 0 Å². The Morgan fingerprint density at radius 3 is 2.03 bits per heavy atom. The summed E-state index contributed by atoms with van der Waals surface area (Å²) < 4.78 is 0. The lowest BCUT2D eigenvalue weighted by molar-refractivity contribution is -0.135. The molecule has 0 bridgehead atoms. The fourth-order valence-electron chi connectivity index (χ4n) is 5.24. The molecule has 5 nitrogen and oxygen atoms in total. The van der Waals surface area contributed by atoms with Crippen LogP contribution >= 0.6 is 11.8 Å². The predicted molar refractivity (Wildman–Crippen MR) is 141 cm³/mol. The number of carbonyl (C=O) groups is 2. The van der Waals surface area contributed by atoms with Crippen LogP contribution in [0, 0.1) is 0 Å². The van der Waals surface area contributed by atoms with Crippen LogP contribution < -0.4 is 10.2 Å². The Hall–Kier alpha value is -3.25. The van der Waals surface area contributed by atoms with E-state index in [0.717, 1.165) is 18.5 Å². The minimum absolute atomic E-state index is 0.0712. The highest BCUT2D eigenvalue weighted by Crippen LogP contribution is 2.47. The molecule has 0 spiro atoms. The van der Waals surface area contributed by atoms with Gasteiger partial charge in [-0.3, -0.25) is 9.59 Å². The first-order valence-electron chi connectivity index (χ1n) is 12.3. The molecular formula is C29H31N3O2S. The van der Waals surface area contributed by atoms with Gasteiger partial charge in [0.2, 0.25) is 11.8 Å². The number of fused-ring (bicyclic) bond motifs is 2. The lowest BCUT2D eigenvalue weighted by Crippen LogP contribution is -2.52. The lowest BCUT2D eigenvalue weighted by Gasteiger charge is -2.41. The number of anilines is 2. The number of hydrogen-bond acceptors (Lipinski definition) is 4. The Labute approximate surface area is 211 Å². The zero-order valence-corrected chi connectivity index (χ0v) is 20.9. The van der Waals surface area contributed by atoms with Crippen molar-refractivity contribution in [1.82, 2.24) is 10.2 Å². The molecule has 0 radical (unpaired) electrons. The maximum Gasteiger partial charge on any atom is 0.230 e. The molecule has 2 aliphatic rings. The Balaban J connectivity index is 1.27. The van der Waals surface area contributed by atoms with Crippen LogP contribution in [0.2, 0.25) is 0 Å². The molecule has 0 unspecified atom stereocenters. The third kappa shape index (κ3) is 4.67. The fourth-order valence-corrected chi connectivity index (χ4v) is 6.33. The van der Waals surface area contributed by atoms with Crippen LogP contribution in [0.4, 0.5) is 11.4 Å². The van der Waals surface area contributed by atoms with Crippen molar-refractivity contribution in [2.24, 2.45) is 0 Å². The summed E-state index contributed by atoms with van der Waals surface area (Å²) in [6.45, 7) is 4.25. The first-order chi connectivity index (χ1) is 17.1. The number of nitrogens with one attached hydrogen (secondary N) is 1. The fraction of sp³-hybridized carbons (Fsp3) is 0.310. The Morgan fingerprint density at radius 2 is 1.43 bits per heavy atom. The smallest absolute Gasteiger partial charge is 0.230 e. The number of rotatable bonds is 6. The quantitative estimate of drug-likeness (QED) is 0.477. The molecule has 1 fully saturated rings. The van der Waals surface area contributed by atoms with Gasteiger partial charge in [0.25, 0.3) is 0 Å². The number of carbonyl (C=O) groups excluding carboxylic acids is 2. The summed E-state index contributed by atoms with van der Waals surface area (Å²) in [6, 6.07) is 27.1. The second-order valence-corrected chi connectivity index (χ2v) is 10.3. The zero-order chi connectivity index (χ0) is 24.3. The molecule has 5 rings (SSSR count). The van der Waals surface area contributed by atoms with Gasteiger partial charge in [0, 0.05) is 42.9 Å². The minimum Gasteiger partial charge on any atom is -0.355 e. The van der Waals surface area contributed by atoms with Crippen LogP contribution in [0.3, 0.4) is 0 Å². The average Bonchev–Trinajstić information content (AvgIpc) is 2.90. The molecule has 1 N–H and O–H groups in total. The first kappa shape index (κ1) is 23.5. The van der Waals surface area contributed by atoms with Crippen LogP contribution in [0.15, 0.2) is 88.7 Å². The highest BCUT2D eigenvalue weighted by atomic mass is 32.2. The van der Waals surface area contributed by atoms with E-state index in [1.54, 1.807) is 6.92 Å². The molecule has 2 amide bonds. The highest BCUT2D eigenvalue weighted by Gasteiger charge is 2.43. The molecule has 2 aliphatic heterocycles. The van der Waals surface area contributed by atoms with Crippen LogP contribution in [-0.4, -0.2) is 42.9 Å². The van der Waals surface area contributed by atoms with Gasteiger partial charge in [0.15, 0.2) is 0 Å². The highest BCUT2D eigenvalue weighted by molar-refractivity contribution is 7.99. The van der Waals surface area contributed by atoms with Crippen LogP contribution in [0.1, 0.15) is 31.7 Å². The van der Waals surface area contributed by atoms with Gasteiger partial charge >= 0.3 is 0 Å². The molecule has 3 aromatic rings. The van der Waals surface area contributed by atoms with Crippen LogP contribution in [-0.2, 0) is 15.0 Å². The molecule has 2 heterocycles. The zero-order valence-electron chi connectivity index (χ0n) is 20.1. The van der Waals surface area contributed by atoms with Crippen LogP contribution in [0.5, 0.6) is 0 Å². The van der Waals surface area contributed by atoms with E-state index in [1.165, 1.54) is 21.2 Å². The largest absolute Gasteiger partial charge is 0.355 e. The van der Waals surface area contributed by atoms with Crippen molar-refractivity contribution in [3.05, 3.63) is 84.4 Å². The van der Waals surface area contributed by atoms with E-state index < -0.39 is 5.41 Å². The van der Waals surface area contributed by atoms with Gasteiger partial charge in [0.1, 0.15) is 0 Å². The Morgan fingerprint density at radius 1 is 0.857 bits per heavy atom. The van der Waals surface area contributed by atoms with E-state index >= 15 is 0 Å². The lowest BCUT2D eigenvalue weighted by atomic mass is 9.72. The van der Waals surface area contributed by atoms with Crippen molar-refractivity contribution < 1.29 is 9.59 Å². The third-order valence-electron chi connectivity index (χ3n) is 7.20. The molecule has 6 heteroatoms. The van der Waals surface area contributed by atoms with E-state index in [9.17, 15) is 9.59 Å². The predicted octanol–water partition coefficient (Wildman–Crippen LogP) is 5.38. The Kier molecular flexibility index (Phi) is 6.82. The number of para-hydroxylation sites is 2. The Bertz CT molecular complexity index is 1160. The number of amides is 2. The second-order valence-electron chi connectivity index (χ2n) is 9.25. The summed E-state index contributed by atoms with van der Waals surface area (Å²) in [7, 11) is 0. The van der Waals surface area contributed by atoms with Gasteiger partial charge in [-0.05, 0) is 49.1 Å². The normalized spacial score (nSPS) is 16.3. The molecule has 35 heavy (non-hydrogen) atoms.